The smallest absolute Gasteiger partial charge is 0.336 e. The highest BCUT2D eigenvalue weighted by Gasteiger charge is 2.16. The minimum atomic E-state index is -0.341. The molecule has 0 atom stereocenters. The van der Waals surface area contributed by atoms with Crippen molar-refractivity contribution in [2.45, 2.75) is 0 Å². The molecule has 0 unspecified atom stereocenters. The molecule has 0 saturated carbocycles. The second kappa shape index (κ2) is 9.96. The second-order valence-corrected chi connectivity index (χ2v) is 8.90. The Kier molecular flexibility index (Phi) is 6.06. The molecule has 0 radical (unpaired) electrons. The molecule has 0 aliphatic rings. The van der Waals surface area contributed by atoms with E-state index >= 15 is 0 Å². The highest BCUT2D eigenvalue weighted by Crippen LogP contribution is 2.38. The highest BCUT2D eigenvalue weighted by molar-refractivity contribution is 6.05. The van der Waals surface area contributed by atoms with Gasteiger partial charge in [-0.1, -0.05) is 127 Å². The third kappa shape index (κ3) is 4.53. The Balaban J connectivity index is 1.57. The molecular weight excluding hydrogens is 452 g/mol. The van der Waals surface area contributed by atoms with Crippen LogP contribution in [0.1, 0.15) is 22.3 Å². The van der Waals surface area contributed by atoms with Gasteiger partial charge in [0.1, 0.15) is 5.58 Å². The summed E-state index contributed by atoms with van der Waals surface area (Å²) in [5.41, 5.74) is 9.33. The van der Waals surface area contributed by atoms with Crippen molar-refractivity contribution in [2.75, 3.05) is 0 Å². The van der Waals surface area contributed by atoms with E-state index in [2.05, 4.69) is 115 Å². The maximum absolute atomic E-state index is 11.7. The van der Waals surface area contributed by atoms with Crippen LogP contribution in [0.2, 0.25) is 0 Å². The lowest BCUT2D eigenvalue weighted by atomic mass is 9.85. The van der Waals surface area contributed by atoms with Gasteiger partial charge in [0, 0.05) is 11.5 Å². The highest BCUT2D eigenvalue weighted by atomic mass is 16.4. The quantitative estimate of drug-likeness (QED) is 0.184. The van der Waals surface area contributed by atoms with E-state index in [0.717, 1.165) is 27.6 Å². The number of benzene rings is 5. The van der Waals surface area contributed by atoms with Gasteiger partial charge in [-0.3, -0.25) is 0 Å². The van der Waals surface area contributed by atoms with Crippen LogP contribution in [0.15, 0.2) is 155 Å². The van der Waals surface area contributed by atoms with Crippen molar-refractivity contribution < 1.29 is 4.42 Å². The van der Waals surface area contributed by atoms with Crippen molar-refractivity contribution in [3.8, 4) is 11.1 Å². The fourth-order valence-corrected chi connectivity index (χ4v) is 4.89. The van der Waals surface area contributed by atoms with Crippen LogP contribution < -0.4 is 5.63 Å². The normalized spacial score (nSPS) is 10.8. The molecule has 2 heteroatoms. The summed E-state index contributed by atoms with van der Waals surface area (Å²) in [6.45, 7) is 0. The van der Waals surface area contributed by atoms with Crippen molar-refractivity contribution in [1.29, 1.82) is 0 Å². The lowest BCUT2D eigenvalue weighted by Gasteiger charge is -2.18. The van der Waals surface area contributed by atoms with Crippen LogP contribution in [0.3, 0.4) is 0 Å². The van der Waals surface area contributed by atoms with Crippen molar-refractivity contribution in [3.05, 3.63) is 178 Å². The first kappa shape index (κ1) is 22.5. The van der Waals surface area contributed by atoms with Gasteiger partial charge < -0.3 is 4.42 Å². The second-order valence-electron chi connectivity index (χ2n) is 8.90. The molecule has 2 nitrogen and oxygen atoms in total. The molecule has 0 spiro atoms. The van der Waals surface area contributed by atoms with E-state index in [4.69, 9.17) is 4.42 Å². The Labute approximate surface area is 215 Å². The molecule has 0 aliphatic heterocycles. The van der Waals surface area contributed by atoms with E-state index in [1.807, 2.05) is 24.3 Å². The molecule has 5 aromatic carbocycles. The van der Waals surface area contributed by atoms with Crippen molar-refractivity contribution in [1.82, 2.24) is 0 Å². The van der Waals surface area contributed by atoms with Gasteiger partial charge in [0.25, 0.3) is 0 Å². The minimum absolute atomic E-state index is 0.341. The van der Waals surface area contributed by atoms with E-state index in [-0.39, 0.29) is 5.63 Å². The van der Waals surface area contributed by atoms with Crippen molar-refractivity contribution >= 4 is 22.1 Å². The minimum Gasteiger partial charge on any atom is -0.423 e. The van der Waals surface area contributed by atoms with Gasteiger partial charge in [0.2, 0.25) is 0 Å². The van der Waals surface area contributed by atoms with Crippen LogP contribution in [0.5, 0.6) is 0 Å². The molecule has 1 aromatic heterocycles. The van der Waals surface area contributed by atoms with E-state index in [0.29, 0.717) is 5.58 Å². The topological polar surface area (TPSA) is 30.2 Å². The maximum atomic E-state index is 11.7. The molecule has 6 aromatic rings. The van der Waals surface area contributed by atoms with Crippen LogP contribution in [-0.2, 0) is 0 Å². The van der Waals surface area contributed by atoms with Gasteiger partial charge in [0.15, 0.2) is 0 Å². The van der Waals surface area contributed by atoms with Gasteiger partial charge in [0.05, 0.1) is 0 Å². The molecule has 0 N–H and O–H groups in total. The fraction of sp³-hybridized carbons (Fsp3) is 0. The lowest BCUT2D eigenvalue weighted by Crippen LogP contribution is -1.97. The summed E-state index contributed by atoms with van der Waals surface area (Å²) in [5, 5.41) is 0.919. The molecule has 37 heavy (non-hydrogen) atoms. The first-order chi connectivity index (χ1) is 18.3. The molecule has 0 bridgehead atoms. The SMILES string of the molecule is O=c1ccc2c(-c3ccc(C(=C(c4ccccc4)c4ccccc4)c4ccccc4)cc3)cccc2o1. The van der Waals surface area contributed by atoms with Crippen LogP contribution in [0.4, 0.5) is 0 Å². The average Bonchev–Trinajstić information content (AvgIpc) is 2.97. The predicted octanol–water partition coefficient (Wildman–Crippen LogP) is 8.47. The average molecular weight is 477 g/mol. The van der Waals surface area contributed by atoms with E-state index in [9.17, 15) is 4.79 Å². The summed E-state index contributed by atoms with van der Waals surface area (Å²) < 4.78 is 5.41. The number of hydrogen-bond donors (Lipinski definition) is 0. The first-order valence-electron chi connectivity index (χ1n) is 12.3. The monoisotopic (exact) mass is 476 g/mol. The molecule has 0 fully saturated rings. The molecule has 0 aliphatic carbocycles. The Morgan fingerprint density at radius 3 is 1.43 bits per heavy atom. The van der Waals surface area contributed by atoms with Gasteiger partial charge >= 0.3 is 5.63 Å². The summed E-state index contributed by atoms with van der Waals surface area (Å²) in [4.78, 5) is 11.7. The number of fused-ring (bicyclic) bond motifs is 1. The Morgan fingerprint density at radius 2 is 0.919 bits per heavy atom. The van der Waals surface area contributed by atoms with Gasteiger partial charge in [-0.25, -0.2) is 4.79 Å². The zero-order valence-electron chi connectivity index (χ0n) is 20.2. The molecular formula is C35H24O2. The Bertz CT molecular complexity index is 1700. The summed E-state index contributed by atoms with van der Waals surface area (Å²) in [6, 6.07) is 49.5. The third-order valence-corrected chi connectivity index (χ3v) is 6.58. The zero-order chi connectivity index (χ0) is 25.0. The van der Waals surface area contributed by atoms with E-state index in [1.54, 1.807) is 0 Å². The van der Waals surface area contributed by atoms with E-state index < -0.39 is 0 Å². The summed E-state index contributed by atoms with van der Waals surface area (Å²) in [7, 11) is 0. The molecule has 176 valence electrons. The summed E-state index contributed by atoms with van der Waals surface area (Å²) >= 11 is 0. The maximum Gasteiger partial charge on any atom is 0.336 e. The van der Waals surface area contributed by atoms with Crippen molar-refractivity contribution in [3.63, 3.8) is 0 Å². The number of rotatable bonds is 5. The van der Waals surface area contributed by atoms with Gasteiger partial charge in [-0.2, -0.15) is 0 Å². The van der Waals surface area contributed by atoms with Crippen molar-refractivity contribution in [2.24, 2.45) is 0 Å². The lowest BCUT2D eigenvalue weighted by molar-refractivity contribution is 0.561. The first-order valence-corrected chi connectivity index (χ1v) is 12.3. The third-order valence-electron chi connectivity index (χ3n) is 6.58. The van der Waals surface area contributed by atoms with Gasteiger partial charge in [-0.05, 0) is 56.7 Å². The Hall–Kier alpha value is -4.95. The molecule has 6 rings (SSSR count). The largest absolute Gasteiger partial charge is 0.423 e. The van der Waals surface area contributed by atoms with Crippen LogP contribution in [0, 0.1) is 0 Å². The van der Waals surface area contributed by atoms with Crippen LogP contribution in [-0.4, -0.2) is 0 Å². The summed E-state index contributed by atoms with van der Waals surface area (Å²) in [6.07, 6.45) is 0. The fourth-order valence-electron chi connectivity index (χ4n) is 4.89. The van der Waals surface area contributed by atoms with Gasteiger partial charge in [-0.15, -0.1) is 0 Å². The van der Waals surface area contributed by atoms with Crippen LogP contribution >= 0.6 is 0 Å². The Morgan fingerprint density at radius 1 is 0.432 bits per heavy atom. The molecule has 0 amide bonds. The van der Waals surface area contributed by atoms with Crippen LogP contribution in [0.25, 0.3) is 33.2 Å². The molecule has 1 heterocycles. The zero-order valence-corrected chi connectivity index (χ0v) is 20.2. The summed E-state index contributed by atoms with van der Waals surface area (Å²) in [5.74, 6) is 0. The van der Waals surface area contributed by atoms with E-state index in [1.165, 1.54) is 28.3 Å². The number of hydrogen-bond acceptors (Lipinski definition) is 2. The molecule has 0 saturated heterocycles. The standard InChI is InChI=1S/C35H24O2/c36-33-24-23-31-30(17-10-18-32(31)37-33)25-19-21-29(22-20-25)35(28-15-8-3-9-16-28)34(26-11-4-1-5-12-26)27-13-6-2-7-14-27/h1-24H. The predicted molar refractivity (Wildman–Crippen MR) is 152 cm³/mol.